The second-order valence-electron chi connectivity index (χ2n) is 5.55. The zero-order valence-corrected chi connectivity index (χ0v) is 16.0. The Hall–Kier alpha value is -3.55. The highest BCUT2D eigenvalue weighted by molar-refractivity contribution is 5.97. The maximum atomic E-state index is 12.2. The van der Waals surface area contributed by atoms with Gasteiger partial charge in [0.25, 0.3) is 11.8 Å². The van der Waals surface area contributed by atoms with Crippen LogP contribution in [0.3, 0.4) is 0 Å². The standard InChI is InChI=1S/C20H23N3O5/c1-4-28-16-7-5-6-14(10-16)12-22-23-19(24)13-21-20(25)15-8-9-17(26-2)18(11-15)27-3/h5-12H,4,13H2,1-3H3,(H,21,25)(H,23,24). The van der Waals surface area contributed by atoms with E-state index in [4.69, 9.17) is 14.2 Å². The highest BCUT2D eigenvalue weighted by Crippen LogP contribution is 2.27. The number of hydrazone groups is 1. The van der Waals surface area contributed by atoms with Gasteiger partial charge >= 0.3 is 0 Å². The van der Waals surface area contributed by atoms with Gasteiger partial charge in [0, 0.05) is 5.56 Å². The Labute approximate surface area is 163 Å². The molecule has 8 nitrogen and oxygen atoms in total. The summed E-state index contributed by atoms with van der Waals surface area (Å²) < 4.78 is 15.7. The van der Waals surface area contributed by atoms with Crippen LogP contribution >= 0.6 is 0 Å². The van der Waals surface area contributed by atoms with Crippen LogP contribution in [0.5, 0.6) is 17.2 Å². The number of nitrogens with zero attached hydrogens (tertiary/aromatic N) is 1. The Balaban J connectivity index is 1.85. The fraction of sp³-hybridized carbons (Fsp3) is 0.250. The second kappa shape index (κ2) is 10.6. The normalized spacial score (nSPS) is 10.4. The molecule has 0 saturated carbocycles. The number of nitrogens with one attached hydrogen (secondary N) is 2. The molecule has 0 unspecified atom stereocenters. The average molecular weight is 385 g/mol. The van der Waals surface area contributed by atoms with Crippen molar-refractivity contribution in [2.75, 3.05) is 27.4 Å². The second-order valence-corrected chi connectivity index (χ2v) is 5.55. The lowest BCUT2D eigenvalue weighted by Gasteiger charge is -2.09. The van der Waals surface area contributed by atoms with E-state index in [9.17, 15) is 9.59 Å². The number of methoxy groups -OCH3 is 2. The topological polar surface area (TPSA) is 98.2 Å². The molecule has 0 atom stereocenters. The Kier molecular flexibility index (Phi) is 7.83. The summed E-state index contributed by atoms with van der Waals surface area (Å²) in [7, 11) is 2.99. The van der Waals surface area contributed by atoms with Gasteiger partial charge in [0.05, 0.1) is 33.6 Å². The SMILES string of the molecule is CCOc1cccc(C=NNC(=O)CNC(=O)c2ccc(OC)c(OC)c2)c1. The largest absolute Gasteiger partial charge is 0.494 e. The number of rotatable bonds is 9. The minimum atomic E-state index is -0.453. The molecule has 0 radical (unpaired) electrons. The van der Waals surface area contributed by atoms with Crippen LogP contribution in [0.1, 0.15) is 22.8 Å². The van der Waals surface area contributed by atoms with E-state index in [-0.39, 0.29) is 6.54 Å². The molecule has 2 aromatic rings. The molecule has 8 heteroatoms. The van der Waals surface area contributed by atoms with Crippen molar-refractivity contribution in [3.63, 3.8) is 0 Å². The molecule has 0 fully saturated rings. The lowest BCUT2D eigenvalue weighted by Crippen LogP contribution is -2.34. The predicted molar refractivity (Wildman–Crippen MR) is 105 cm³/mol. The van der Waals surface area contributed by atoms with Crippen LogP contribution in [0.2, 0.25) is 0 Å². The van der Waals surface area contributed by atoms with Crippen molar-refractivity contribution in [3.05, 3.63) is 53.6 Å². The van der Waals surface area contributed by atoms with Crippen molar-refractivity contribution in [2.45, 2.75) is 6.92 Å². The van der Waals surface area contributed by atoms with Crippen LogP contribution in [-0.2, 0) is 4.79 Å². The molecule has 2 rings (SSSR count). The molecular formula is C20H23N3O5. The maximum absolute atomic E-state index is 12.2. The van der Waals surface area contributed by atoms with Gasteiger partial charge in [0.1, 0.15) is 5.75 Å². The molecule has 2 aromatic carbocycles. The van der Waals surface area contributed by atoms with Gasteiger partial charge in [-0.2, -0.15) is 5.10 Å². The number of hydrogen-bond acceptors (Lipinski definition) is 6. The smallest absolute Gasteiger partial charge is 0.259 e. The minimum absolute atomic E-state index is 0.219. The van der Waals surface area contributed by atoms with E-state index in [1.165, 1.54) is 26.5 Å². The first-order valence-corrected chi connectivity index (χ1v) is 8.62. The van der Waals surface area contributed by atoms with Crippen molar-refractivity contribution in [1.29, 1.82) is 0 Å². The summed E-state index contributed by atoms with van der Waals surface area (Å²) in [6, 6.07) is 12.0. The van der Waals surface area contributed by atoms with Gasteiger partial charge in [0.15, 0.2) is 11.5 Å². The number of amides is 2. The number of carbonyl (C=O) groups is 2. The molecule has 0 saturated heterocycles. The van der Waals surface area contributed by atoms with Gasteiger partial charge in [-0.1, -0.05) is 12.1 Å². The van der Waals surface area contributed by atoms with Crippen LogP contribution < -0.4 is 25.0 Å². The molecule has 2 amide bonds. The summed E-state index contributed by atoms with van der Waals surface area (Å²) in [4.78, 5) is 24.0. The summed E-state index contributed by atoms with van der Waals surface area (Å²) in [5, 5.41) is 6.40. The summed E-state index contributed by atoms with van der Waals surface area (Å²) in [5.74, 6) is 0.800. The molecule has 0 aliphatic rings. The van der Waals surface area contributed by atoms with Crippen molar-refractivity contribution in [3.8, 4) is 17.2 Å². The third-order valence-corrected chi connectivity index (χ3v) is 3.63. The fourth-order valence-electron chi connectivity index (χ4n) is 2.31. The van der Waals surface area contributed by atoms with Crippen LogP contribution in [-0.4, -0.2) is 45.4 Å². The van der Waals surface area contributed by atoms with E-state index in [0.29, 0.717) is 23.7 Å². The van der Waals surface area contributed by atoms with Gasteiger partial charge in [-0.15, -0.1) is 0 Å². The molecule has 148 valence electrons. The third kappa shape index (κ3) is 6.01. The summed E-state index contributed by atoms with van der Waals surface area (Å²) in [6.45, 7) is 2.25. The van der Waals surface area contributed by atoms with Crippen molar-refractivity contribution in [1.82, 2.24) is 10.7 Å². The summed E-state index contributed by atoms with van der Waals surface area (Å²) in [5.41, 5.74) is 3.49. The Bertz CT molecular complexity index is 851. The van der Waals surface area contributed by atoms with Gasteiger partial charge in [-0.05, 0) is 42.8 Å². The van der Waals surface area contributed by atoms with Crippen molar-refractivity contribution >= 4 is 18.0 Å². The van der Waals surface area contributed by atoms with Crippen molar-refractivity contribution < 1.29 is 23.8 Å². The van der Waals surface area contributed by atoms with Crippen LogP contribution in [0, 0.1) is 0 Å². The Morgan fingerprint density at radius 2 is 1.86 bits per heavy atom. The fourth-order valence-corrected chi connectivity index (χ4v) is 2.31. The van der Waals surface area contributed by atoms with Crippen LogP contribution in [0.25, 0.3) is 0 Å². The number of carbonyl (C=O) groups excluding carboxylic acids is 2. The lowest BCUT2D eigenvalue weighted by molar-refractivity contribution is -0.120. The highest BCUT2D eigenvalue weighted by atomic mass is 16.5. The zero-order chi connectivity index (χ0) is 20.4. The first kappa shape index (κ1) is 20.8. The van der Waals surface area contributed by atoms with E-state index in [1.54, 1.807) is 18.2 Å². The first-order chi connectivity index (χ1) is 13.6. The number of ether oxygens (including phenoxy) is 3. The van der Waals surface area contributed by atoms with Crippen LogP contribution in [0.15, 0.2) is 47.6 Å². The number of benzene rings is 2. The molecule has 0 heterocycles. The average Bonchev–Trinajstić information content (AvgIpc) is 2.72. The monoisotopic (exact) mass is 385 g/mol. The molecule has 0 aliphatic heterocycles. The minimum Gasteiger partial charge on any atom is -0.494 e. The van der Waals surface area contributed by atoms with E-state index < -0.39 is 11.8 Å². The molecule has 0 aromatic heterocycles. The molecule has 2 N–H and O–H groups in total. The third-order valence-electron chi connectivity index (χ3n) is 3.63. The summed E-state index contributed by atoms with van der Waals surface area (Å²) in [6.07, 6.45) is 1.50. The zero-order valence-electron chi connectivity index (χ0n) is 16.0. The van der Waals surface area contributed by atoms with Gasteiger partial charge < -0.3 is 19.5 Å². The molecule has 0 aliphatic carbocycles. The van der Waals surface area contributed by atoms with E-state index in [1.807, 2.05) is 25.1 Å². The lowest BCUT2D eigenvalue weighted by atomic mass is 10.2. The van der Waals surface area contributed by atoms with Gasteiger partial charge in [-0.25, -0.2) is 5.43 Å². The molecule has 0 bridgehead atoms. The molecule has 28 heavy (non-hydrogen) atoms. The Morgan fingerprint density at radius 1 is 1.07 bits per heavy atom. The number of hydrogen-bond donors (Lipinski definition) is 2. The van der Waals surface area contributed by atoms with E-state index in [0.717, 1.165) is 11.3 Å². The summed E-state index contributed by atoms with van der Waals surface area (Å²) >= 11 is 0. The van der Waals surface area contributed by atoms with Gasteiger partial charge in [0.2, 0.25) is 0 Å². The first-order valence-electron chi connectivity index (χ1n) is 8.62. The quantitative estimate of drug-likeness (QED) is 0.508. The van der Waals surface area contributed by atoms with E-state index in [2.05, 4.69) is 15.8 Å². The maximum Gasteiger partial charge on any atom is 0.259 e. The highest BCUT2D eigenvalue weighted by Gasteiger charge is 2.11. The van der Waals surface area contributed by atoms with Crippen LogP contribution in [0.4, 0.5) is 0 Å². The molecule has 0 spiro atoms. The van der Waals surface area contributed by atoms with Crippen molar-refractivity contribution in [2.24, 2.45) is 5.10 Å². The van der Waals surface area contributed by atoms with Gasteiger partial charge in [-0.3, -0.25) is 9.59 Å². The van der Waals surface area contributed by atoms with E-state index >= 15 is 0 Å². The predicted octanol–water partition coefficient (Wildman–Crippen LogP) is 1.98. The Morgan fingerprint density at radius 3 is 2.57 bits per heavy atom. The molecular weight excluding hydrogens is 362 g/mol.